The van der Waals surface area contributed by atoms with Crippen molar-refractivity contribution in [3.8, 4) is 16.9 Å². The molecule has 0 spiro atoms. The predicted octanol–water partition coefficient (Wildman–Crippen LogP) is 5.52. The van der Waals surface area contributed by atoms with Gasteiger partial charge in [0.25, 0.3) is 0 Å². The van der Waals surface area contributed by atoms with Crippen LogP contribution in [0, 0.1) is 5.82 Å². The van der Waals surface area contributed by atoms with Gasteiger partial charge in [-0.1, -0.05) is 42.8 Å². The molecule has 3 aromatic carbocycles. The van der Waals surface area contributed by atoms with Crippen molar-refractivity contribution in [2.24, 2.45) is 5.73 Å². The van der Waals surface area contributed by atoms with Crippen LogP contribution in [0.3, 0.4) is 0 Å². The highest BCUT2D eigenvalue weighted by atomic mass is 35.5. The van der Waals surface area contributed by atoms with Gasteiger partial charge in [0.05, 0.1) is 5.54 Å². The van der Waals surface area contributed by atoms with Crippen LogP contribution < -0.4 is 21.1 Å². The van der Waals surface area contributed by atoms with E-state index >= 15 is 0 Å². The van der Waals surface area contributed by atoms with Crippen LogP contribution in [0.2, 0.25) is 5.02 Å². The van der Waals surface area contributed by atoms with E-state index in [1.54, 1.807) is 19.1 Å². The monoisotopic (exact) mass is 662 g/mol. The van der Waals surface area contributed by atoms with E-state index in [4.69, 9.17) is 22.1 Å². The first kappa shape index (κ1) is 34.9. The zero-order chi connectivity index (χ0) is 33.2. The van der Waals surface area contributed by atoms with Gasteiger partial charge >= 0.3 is 0 Å². The van der Waals surface area contributed by atoms with E-state index in [0.717, 1.165) is 80.0 Å². The largest absolute Gasteiger partial charge is 0.492 e. The van der Waals surface area contributed by atoms with E-state index in [1.807, 2.05) is 37.3 Å². The number of ether oxygens (including phenoxy) is 1. The summed E-state index contributed by atoms with van der Waals surface area (Å²) in [5.74, 6) is 0.449. The summed E-state index contributed by atoms with van der Waals surface area (Å²) in [5.41, 5.74) is 9.60. The minimum Gasteiger partial charge on any atom is -0.492 e. The van der Waals surface area contributed by atoms with Crippen LogP contribution >= 0.6 is 11.6 Å². The molecule has 1 saturated heterocycles. The van der Waals surface area contributed by atoms with Gasteiger partial charge < -0.3 is 25.7 Å². The maximum Gasteiger partial charge on any atom is 0.239 e. The Morgan fingerprint density at radius 2 is 1.74 bits per heavy atom. The quantitative estimate of drug-likeness (QED) is 0.137. The molecular formula is C37H48ClFN6O2. The lowest BCUT2D eigenvalue weighted by Gasteiger charge is -2.34. The van der Waals surface area contributed by atoms with Crippen molar-refractivity contribution < 1.29 is 13.9 Å². The van der Waals surface area contributed by atoms with Crippen LogP contribution in [0.25, 0.3) is 22.0 Å². The molecule has 0 aliphatic carbocycles. The highest BCUT2D eigenvalue weighted by Crippen LogP contribution is 2.34. The Hall–Kier alpha value is -3.47. The Bertz CT molecular complexity index is 1600. The number of carbonyl (C=O) groups is 1. The molecule has 0 bridgehead atoms. The van der Waals surface area contributed by atoms with Crippen molar-refractivity contribution in [2.75, 3.05) is 59.0 Å². The zero-order valence-electron chi connectivity index (χ0n) is 27.6. The summed E-state index contributed by atoms with van der Waals surface area (Å²) in [5, 5.41) is 8.11. The standard InChI is InChI=1S/C37H48ClFN6O2/c1-3-41-17-15-37(2,40)36(46)42-16-6-18-45-27-33(28-7-4-9-31(39)25-28)35-29(8-5-10-34(35)45)26-44-21-19-43(20-22-44)23-24-47-32-13-11-30(38)12-14-32/h4-5,7-14,25,27,41H,3,6,15-24,26,40H2,1-2H3,(H,42,46). The highest BCUT2D eigenvalue weighted by Gasteiger charge is 2.27. The number of rotatable bonds is 16. The molecule has 5 rings (SSSR count). The number of aromatic nitrogens is 1. The van der Waals surface area contributed by atoms with E-state index in [-0.39, 0.29) is 11.7 Å². The molecule has 0 saturated carbocycles. The number of hydrogen-bond acceptors (Lipinski definition) is 6. The summed E-state index contributed by atoms with van der Waals surface area (Å²) in [6.45, 7) is 12.8. The second kappa shape index (κ2) is 16.6. The van der Waals surface area contributed by atoms with E-state index in [1.165, 1.54) is 11.6 Å². The Morgan fingerprint density at radius 3 is 2.49 bits per heavy atom. The van der Waals surface area contributed by atoms with Crippen molar-refractivity contribution in [3.63, 3.8) is 0 Å². The molecule has 8 nitrogen and oxygen atoms in total. The Kier molecular flexibility index (Phi) is 12.3. The maximum absolute atomic E-state index is 14.4. The fraction of sp³-hybridized carbons (Fsp3) is 0.432. The molecule has 4 N–H and O–H groups in total. The number of halogens is 2. The molecule has 47 heavy (non-hydrogen) atoms. The molecule has 1 amide bonds. The number of nitrogens with two attached hydrogens (primary N) is 1. The van der Waals surface area contributed by atoms with Crippen molar-refractivity contribution >= 4 is 28.4 Å². The van der Waals surface area contributed by atoms with Crippen LogP contribution in [0.15, 0.2) is 72.9 Å². The van der Waals surface area contributed by atoms with Crippen LogP contribution in [0.5, 0.6) is 5.75 Å². The second-order valence-corrected chi connectivity index (χ2v) is 13.0. The lowest BCUT2D eigenvalue weighted by Crippen LogP contribution is -2.53. The number of hydrogen-bond donors (Lipinski definition) is 3. The van der Waals surface area contributed by atoms with E-state index in [0.29, 0.717) is 37.7 Å². The van der Waals surface area contributed by atoms with Gasteiger partial charge in [0.2, 0.25) is 5.91 Å². The molecular weight excluding hydrogens is 615 g/mol. The van der Waals surface area contributed by atoms with Crippen LogP contribution in [-0.2, 0) is 17.9 Å². The first-order valence-corrected chi connectivity index (χ1v) is 17.1. The Balaban J connectivity index is 1.22. The van der Waals surface area contributed by atoms with E-state index < -0.39 is 5.54 Å². The first-order valence-electron chi connectivity index (χ1n) is 16.7. The summed E-state index contributed by atoms with van der Waals surface area (Å²) in [7, 11) is 0. The minimum atomic E-state index is -0.918. The SMILES string of the molecule is CCNCCC(C)(N)C(=O)NCCCn1cc(-c2cccc(F)c2)c2c(CN3CCN(CCOc4ccc(Cl)cc4)CC3)cccc21. The first-order chi connectivity index (χ1) is 22.7. The van der Waals surface area contributed by atoms with Crippen molar-refractivity contribution in [1.29, 1.82) is 0 Å². The smallest absolute Gasteiger partial charge is 0.239 e. The Morgan fingerprint density at radius 1 is 1.00 bits per heavy atom. The molecule has 252 valence electrons. The van der Waals surface area contributed by atoms with Crippen molar-refractivity contribution in [2.45, 2.75) is 45.3 Å². The molecule has 2 heterocycles. The number of nitrogens with zero attached hydrogens (tertiary/aromatic N) is 3. The molecule has 1 fully saturated rings. The van der Waals surface area contributed by atoms with Gasteiger partial charge in [-0.25, -0.2) is 4.39 Å². The Labute approximate surface area is 283 Å². The normalized spacial score (nSPS) is 15.5. The third kappa shape index (κ3) is 9.55. The predicted molar refractivity (Wildman–Crippen MR) is 189 cm³/mol. The van der Waals surface area contributed by atoms with Crippen molar-refractivity contribution in [3.05, 3.63) is 89.3 Å². The van der Waals surface area contributed by atoms with Gasteiger partial charge in [-0.3, -0.25) is 14.6 Å². The summed E-state index contributed by atoms with van der Waals surface area (Å²) < 4.78 is 22.5. The number of carbonyl (C=O) groups excluding carboxylic acids is 1. The number of amides is 1. The van der Waals surface area contributed by atoms with Gasteiger partial charge in [0.15, 0.2) is 0 Å². The molecule has 1 aliphatic heterocycles. The third-order valence-corrected chi connectivity index (χ3v) is 9.18. The third-order valence-electron chi connectivity index (χ3n) is 8.93. The number of aryl methyl sites for hydroxylation is 1. The fourth-order valence-corrected chi connectivity index (χ4v) is 6.27. The van der Waals surface area contributed by atoms with Crippen LogP contribution in [0.4, 0.5) is 4.39 Å². The summed E-state index contributed by atoms with van der Waals surface area (Å²) in [6, 6.07) is 20.7. The molecule has 1 unspecified atom stereocenters. The molecule has 1 aliphatic rings. The number of fused-ring (bicyclic) bond motifs is 1. The van der Waals surface area contributed by atoms with Crippen LogP contribution in [-0.4, -0.2) is 84.8 Å². The zero-order valence-corrected chi connectivity index (χ0v) is 28.4. The van der Waals surface area contributed by atoms with Crippen LogP contribution in [0.1, 0.15) is 32.3 Å². The summed E-state index contributed by atoms with van der Waals surface area (Å²) in [4.78, 5) is 17.7. The van der Waals surface area contributed by atoms with Gasteiger partial charge in [0, 0.05) is 80.0 Å². The highest BCUT2D eigenvalue weighted by molar-refractivity contribution is 6.30. The van der Waals surface area contributed by atoms with Gasteiger partial charge in [-0.15, -0.1) is 0 Å². The van der Waals surface area contributed by atoms with Crippen molar-refractivity contribution in [1.82, 2.24) is 25.0 Å². The summed E-state index contributed by atoms with van der Waals surface area (Å²) >= 11 is 5.98. The van der Waals surface area contributed by atoms with Gasteiger partial charge in [0.1, 0.15) is 18.2 Å². The molecule has 1 atom stereocenters. The number of piperazine rings is 1. The molecule has 10 heteroatoms. The number of benzene rings is 3. The lowest BCUT2D eigenvalue weighted by atomic mass is 9.98. The van der Waals surface area contributed by atoms with Gasteiger partial charge in [-0.2, -0.15) is 0 Å². The molecule has 0 radical (unpaired) electrons. The molecule has 1 aromatic heterocycles. The fourth-order valence-electron chi connectivity index (χ4n) is 6.15. The minimum absolute atomic E-state index is 0.135. The topological polar surface area (TPSA) is 87.8 Å². The van der Waals surface area contributed by atoms with E-state index in [9.17, 15) is 9.18 Å². The second-order valence-electron chi connectivity index (χ2n) is 12.6. The average molecular weight is 663 g/mol. The number of nitrogens with one attached hydrogen (secondary N) is 2. The van der Waals surface area contributed by atoms with Gasteiger partial charge in [-0.05, 0) is 86.4 Å². The lowest BCUT2D eigenvalue weighted by molar-refractivity contribution is -0.126. The maximum atomic E-state index is 14.4. The average Bonchev–Trinajstić information content (AvgIpc) is 3.44. The molecule has 4 aromatic rings. The summed E-state index contributed by atoms with van der Waals surface area (Å²) in [6.07, 6.45) is 3.45. The van der Waals surface area contributed by atoms with E-state index in [2.05, 4.69) is 49.4 Å².